The molecular formula is C12H19N3O2. The van der Waals surface area contributed by atoms with Crippen molar-refractivity contribution in [2.45, 2.75) is 50.6 Å². The average molecular weight is 237 g/mol. The van der Waals surface area contributed by atoms with E-state index in [1.165, 1.54) is 19.3 Å². The second-order valence-electron chi connectivity index (χ2n) is 4.66. The van der Waals surface area contributed by atoms with Gasteiger partial charge >= 0.3 is 5.97 Å². The van der Waals surface area contributed by atoms with Gasteiger partial charge in [-0.05, 0) is 12.8 Å². The highest BCUT2D eigenvalue weighted by Gasteiger charge is 2.23. The van der Waals surface area contributed by atoms with Gasteiger partial charge in [0.2, 0.25) is 0 Å². The molecule has 1 aromatic heterocycles. The Kier molecular flexibility index (Phi) is 4.14. The summed E-state index contributed by atoms with van der Waals surface area (Å²) in [6.45, 7) is 0. The van der Waals surface area contributed by atoms with Crippen LogP contribution in [-0.4, -0.2) is 33.1 Å². The molecule has 17 heavy (non-hydrogen) atoms. The molecule has 1 aliphatic rings. The van der Waals surface area contributed by atoms with Crippen LogP contribution in [-0.2, 0) is 11.2 Å². The van der Waals surface area contributed by atoms with E-state index in [4.69, 9.17) is 0 Å². The van der Waals surface area contributed by atoms with Crippen molar-refractivity contribution >= 4 is 5.97 Å². The first-order chi connectivity index (χ1) is 8.25. The minimum absolute atomic E-state index is 0.351. The van der Waals surface area contributed by atoms with Gasteiger partial charge in [-0.3, -0.25) is 4.79 Å². The van der Waals surface area contributed by atoms with Crippen molar-refractivity contribution in [2.24, 2.45) is 0 Å². The Balaban J connectivity index is 1.90. The predicted molar refractivity (Wildman–Crippen MR) is 63.7 cm³/mol. The van der Waals surface area contributed by atoms with Crippen LogP contribution in [0.4, 0.5) is 0 Å². The number of hydrogen-bond donors (Lipinski definition) is 3. The molecule has 0 saturated heterocycles. The fourth-order valence-electron chi connectivity index (χ4n) is 2.38. The number of aliphatic carboxylic acids is 1. The number of nitrogens with zero attached hydrogens (tertiary/aromatic N) is 1. The Morgan fingerprint density at radius 1 is 1.53 bits per heavy atom. The molecule has 0 aromatic carbocycles. The van der Waals surface area contributed by atoms with Crippen LogP contribution in [0.2, 0.25) is 0 Å². The highest BCUT2D eigenvalue weighted by molar-refractivity contribution is 5.73. The number of rotatable bonds is 5. The van der Waals surface area contributed by atoms with Gasteiger partial charge in [0, 0.05) is 18.7 Å². The van der Waals surface area contributed by atoms with E-state index in [2.05, 4.69) is 15.3 Å². The lowest BCUT2D eigenvalue weighted by molar-refractivity contribution is -0.139. The van der Waals surface area contributed by atoms with E-state index in [0.29, 0.717) is 12.5 Å². The molecule has 0 aliphatic heterocycles. The molecule has 2 rings (SSSR count). The van der Waals surface area contributed by atoms with Gasteiger partial charge in [-0.2, -0.15) is 0 Å². The highest BCUT2D eigenvalue weighted by atomic mass is 16.4. The maximum Gasteiger partial charge on any atom is 0.321 e. The van der Waals surface area contributed by atoms with Crippen LogP contribution in [0.25, 0.3) is 0 Å². The van der Waals surface area contributed by atoms with Crippen molar-refractivity contribution in [2.75, 3.05) is 0 Å². The van der Waals surface area contributed by atoms with Crippen LogP contribution in [0.5, 0.6) is 0 Å². The van der Waals surface area contributed by atoms with Crippen molar-refractivity contribution in [3.05, 3.63) is 18.2 Å². The van der Waals surface area contributed by atoms with Gasteiger partial charge in [0.15, 0.2) is 0 Å². The molecule has 0 radical (unpaired) electrons. The number of carboxylic acids is 1. The van der Waals surface area contributed by atoms with Crippen molar-refractivity contribution in [3.8, 4) is 0 Å². The molecule has 94 valence electrons. The molecule has 1 atom stereocenters. The van der Waals surface area contributed by atoms with E-state index in [-0.39, 0.29) is 0 Å². The molecule has 1 heterocycles. The van der Waals surface area contributed by atoms with E-state index in [1.54, 1.807) is 12.5 Å². The van der Waals surface area contributed by atoms with Gasteiger partial charge in [-0.15, -0.1) is 0 Å². The molecule has 5 nitrogen and oxygen atoms in total. The third-order valence-electron chi connectivity index (χ3n) is 3.31. The topological polar surface area (TPSA) is 78.0 Å². The number of aromatic amines is 1. The minimum Gasteiger partial charge on any atom is -0.480 e. The maximum absolute atomic E-state index is 11.2. The minimum atomic E-state index is -0.793. The molecule has 1 aromatic rings. The Hall–Kier alpha value is -1.36. The molecule has 1 aliphatic carbocycles. The SMILES string of the molecule is O=C(O)[C@H](Cc1c[nH]cn1)NC1CCCCC1. The third kappa shape index (κ3) is 3.56. The Morgan fingerprint density at radius 2 is 2.29 bits per heavy atom. The zero-order valence-corrected chi connectivity index (χ0v) is 9.85. The maximum atomic E-state index is 11.2. The fourth-order valence-corrected chi connectivity index (χ4v) is 2.38. The van der Waals surface area contributed by atoms with Gasteiger partial charge in [0.25, 0.3) is 0 Å². The third-order valence-corrected chi connectivity index (χ3v) is 3.31. The number of hydrogen-bond acceptors (Lipinski definition) is 3. The van der Waals surface area contributed by atoms with Crippen LogP contribution < -0.4 is 5.32 Å². The molecule has 1 saturated carbocycles. The summed E-state index contributed by atoms with van der Waals surface area (Å²) < 4.78 is 0. The number of carboxylic acid groups (broad SMARTS) is 1. The van der Waals surface area contributed by atoms with Gasteiger partial charge in [0.05, 0.1) is 12.0 Å². The lowest BCUT2D eigenvalue weighted by Crippen LogP contribution is -2.45. The number of imidazole rings is 1. The van der Waals surface area contributed by atoms with Gasteiger partial charge < -0.3 is 15.4 Å². The zero-order chi connectivity index (χ0) is 12.1. The summed E-state index contributed by atoms with van der Waals surface area (Å²) in [5, 5.41) is 12.4. The van der Waals surface area contributed by atoms with Crippen LogP contribution in [0, 0.1) is 0 Å². The summed E-state index contributed by atoms with van der Waals surface area (Å²) in [5.74, 6) is -0.793. The summed E-state index contributed by atoms with van der Waals surface area (Å²) in [6, 6.07) is -0.176. The van der Waals surface area contributed by atoms with Crippen LogP contribution in [0.15, 0.2) is 12.5 Å². The Bertz CT molecular complexity index is 345. The van der Waals surface area contributed by atoms with Crippen molar-refractivity contribution in [1.29, 1.82) is 0 Å². The standard InChI is InChI=1S/C12H19N3O2/c16-12(17)11(6-10-7-13-8-14-10)15-9-4-2-1-3-5-9/h7-9,11,15H,1-6H2,(H,13,14)(H,16,17)/t11-/m0/s1. The number of aromatic nitrogens is 2. The Morgan fingerprint density at radius 3 is 2.88 bits per heavy atom. The summed E-state index contributed by atoms with van der Waals surface area (Å²) in [7, 11) is 0. The van der Waals surface area contributed by atoms with Crippen LogP contribution in [0.1, 0.15) is 37.8 Å². The summed E-state index contributed by atoms with van der Waals surface area (Å²) >= 11 is 0. The fraction of sp³-hybridized carbons (Fsp3) is 0.667. The molecular weight excluding hydrogens is 218 g/mol. The molecule has 0 unspecified atom stereocenters. The highest BCUT2D eigenvalue weighted by Crippen LogP contribution is 2.18. The van der Waals surface area contributed by atoms with E-state index in [1.807, 2.05) is 0 Å². The first-order valence-electron chi connectivity index (χ1n) is 6.22. The van der Waals surface area contributed by atoms with E-state index in [0.717, 1.165) is 18.5 Å². The quantitative estimate of drug-likeness (QED) is 0.722. The first kappa shape index (κ1) is 12.1. The molecule has 3 N–H and O–H groups in total. The number of H-pyrrole nitrogens is 1. The zero-order valence-electron chi connectivity index (χ0n) is 9.85. The number of carbonyl (C=O) groups is 1. The van der Waals surface area contributed by atoms with E-state index in [9.17, 15) is 9.90 Å². The predicted octanol–water partition coefficient (Wildman–Crippen LogP) is 1.33. The molecule has 5 heteroatoms. The largest absolute Gasteiger partial charge is 0.480 e. The lowest BCUT2D eigenvalue weighted by Gasteiger charge is -2.26. The van der Waals surface area contributed by atoms with E-state index < -0.39 is 12.0 Å². The van der Waals surface area contributed by atoms with Gasteiger partial charge in [0.1, 0.15) is 6.04 Å². The summed E-state index contributed by atoms with van der Waals surface area (Å²) in [4.78, 5) is 18.1. The number of nitrogens with one attached hydrogen (secondary N) is 2. The van der Waals surface area contributed by atoms with Crippen LogP contribution >= 0.6 is 0 Å². The second kappa shape index (κ2) is 5.82. The summed E-state index contributed by atoms with van der Waals surface area (Å²) in [6.07, 6.45) is 9.62. The normalized spacial score (nSPS) is 19.1. The van der Waals surface area contributed by atoms with Gasteiger partial charge in [-0.1, -0.05) is 19.3 Å². The molecule has 0 amide bonds. The van der Waals surface area contributed by atoms with Gasteiger partial charge in [-0.25, -0.2) is 4.98 Å². The van der Waals surface area contributed by atoms with Crippen molar-refractivity contribution < 1.29 is 9.90 Å². The van der Waals surface area contributed by atoms with Crippen molar-refractivity contribution in [1.82, 2.24) is 15.3 Å². The average Bonchev–Trinajstić information content (AvgIpc) is 2.82. The van der Waals surface area contributed by atoms with Crippen molar-refractivity contribution in [3.63, 3.8) is 0 Å². The monoisotopic (exact) mass is 237 g/mol. The lowest BCUT2D eigenvalue weighted by atomic mass is 9.94. The Labute approximate surface area is 101 Å². The van der Waals surface area contributed by atoms with E-state index >= 15 is 0 Å². The first-order valence-corrected chi connectivity index (χ1v) is 6.22. The second-order valence-corrected chi connectivity index (χ2v) is 4.66. The smallest absolute Gasteiger partial charge is 0.321 e. The molecule has 1 fully saturated rings. The molecule has 0 spiro atoms. The molecule has 0 bridgehead atoms. The van der Waals surface area contributed by atoms with Crippen LogP contribution in [0.3, 0.4) is 0 Å². The summed E-state index contributed by atoms with van der Waals surface area (Å²) in [5.41, 5.74) is 0.792.